The standard InChI is InChI=1S/C18H25ClN6O/c1-13(24-7-4-8-25(24)20)14-9-15(19)16-10-21-12-23(16)17(14)22-6-3-5-18(2,26)11-22/h4,7,9-10,12-13,26H,3,5-6,8,11,20H2,1-2H3. The smallest absolute Gasteiger partial charge is 0.120 e. The number of nitrogens with two attached hydrogens (primary N) is 1. The molecule has 3 N–H and O–H groups in total. The van der Waals surface area contributed by atoms with Gasteiger partial charge in [-0.2, -0.15) is 5.12 Å². The van der Waals surface area contributed by atoms with Gasteiger partial charge in [-0.1, -0.05) is 11.6 Å². The first kappa shape index (κ1) is 17.6. The maximum absolute atomic E-state index is 10.6. The van der Waals surface area contributed by atoms with Crippen LogP contribution in [0.25, 0.3) is 5.52 Å². The van der Waals surface area contributed by atoms with E-state index in [4.69, 9.17) is 17.4 Å². The molecule has 4 rings (SSSR count). The largest absolute Gasteiger partial charge is 0.388 e. The topological polar surface area (TPSA) is 73.3 Å². The van der Waals surface area contributed by atoms with Gasteiger partial charge in [-0.3, -0.25) is 15.3 Å². The van der Waals surface area contributed by atoms with Crippen LogP contribution in [0.3, 0.4) is 0 Å². The van der Waals surface area contributed by atoms with Crippen molar-refractivity contribution in [1.82, 2.24) is 19.5 Å². The molecule has 8 heteroatoms. The van der Waals surface area contributed by atoms with Gasteiger partial charge < -0.3 is 10.0 Å². The van der Waals surface area contributed by atoms with E-state index < -0.39 is 5.60 Å². The summed E-state index contributed by atoms with van der Waals surface area (Å²) in [6, 6.07) is 1.99. The number of fused-ring (bicyclic) bond motifs is 1. The maximum Gasteiger partial charge on any atom is 0.120 e. The number of imidazole rings is 1. The Labute approximate surface area is 158 Å². The third kappa shape index (κ3) is 2.95. The molecule has 2 atom stereocenters. The minimum absolute atomic E-state index is 0.00933. The Morgan fingerprint density at radius 1 is 1.42 bits per heavy atom. The normalized spacial score (nSPS) is 25.4. The minimum Gasteiger partial charge on any atom is -0.388 e. The number of piperidine rings is 1. The summed E-state index contributed by atoms with van der Waals surface area (Å²) in [7, 11) is 0. The van der Waals surface area contributed by atoms with Gasteiger partial charge in [0.2, 0.25) is 0 Å². The Balaban J connectivity index is 1.85. The Hall–Kier alpha value is -1.80. The van der Waals surface area contributed by atoms with Crippen molar-refractivity contribution in [2.75, 3.05) is 24.5 Å². The molecule has 0 spiro atoms. The van der Waals surface area contributed by atoms with E-state index in [0.717, 1.165) is 36.3 Å². The Morgan fingerprint density at radius 3 is 2.92 bits per heavy atom. The summed E-state index contributed by atoms with van der Waals surface area (Å²) in [6.45, 7) is 6.14. The molecule has 140 valence electrons. The van der Waals surface area contributed by atoms with E-state index in [-0.39, 0.29) is 6.04 Å². The van der Waals surface area contributed by atoms with Gasteiger partial charge in [0, 0.05) is 24.9 Å². The molecule has 1 fully saturated rings. The molecular weight excluding hydrogens is 352 g/mol. The molecule has 7 nitrogen and oxygen atoms in total. The van der Waals surface area contributed by atoms with Crippen molar-refractivity contribution in [3.05, 3.63) is 41.5 Å². The van der Waals surface area contributed by atoms with E-state index >= 15 is 0 Å². The van der Waals surface area contributed by atoms with Crippen LogP contribution in [0.2, 0.25) is 5.02 Å². The molecule has 26 heavy (non-hydrogen) atoms. The van der Waals surface area contributed by atoms with Gasteiger partial charge in [0.05, 0.1) is 34.9 Å². The summed E-state index contributed by atoms with van der Waals surface area (Å²) in [5.41, 5.74) is 1.21. The first-order valence-corrected chi connectivity index (χ1v) is 9.34. The van der Waals surface area contributed by atoms with Crippen molar-refractivity contribution in [3.63, 3.8) is 0 Å². The van der Waals surface area contributed by atoms with Crippen LogP contribution >= 0.6 is 11.6 Å². The summed E-state index contributed by atoms with van der Waals surface area (Å²) in [5.74, 6) is 7.13. The van der Waals surface area contributed by atoms with E-state index in [9.17, 15) is 5.11 Å². The number of β-amino-alcohol motifs (C(OH)–C–C–N with tert-alkyl or cyclic N) is 1. The van der Waals surface area contributed by atoms with Crippen LogP contribution in [0.5, 0.6) is 0 Å². The highest BCUT2D eigenvalue weighted by atomic mass is 35.5. The summed E-state index contributed by atoms with van der Waals surface area (Å²) in [5, 5.41) is 15.0. The molecule has 1 saturated heterocycles. The number of hydrogen-bond donors (Lipinski definition) is 2. The number of hydrazine groups is 2. The molecule has 4 heterocycles. The Morgan fingerprint density at radius 2 is 2.23 bits per heavy atom. The van der Waals surface area contributed by atoms with Crippen LogP contribution < -0.4 is 10.7 Å². The first-order valence-electron chi connectivity index (χ1n) is 8.96. The van der Waals surface area contributed by atoms with E-state index in [0.29, 0.717) is 18.1 Å². The average molecular weight is 377 g/mol. The van der Waals surface area contributed by atoms with E-state index in [1.807, 2.05) is 34.7 Å². The fraction of sp³-hybridized carbons (Fsp3) is 0.500. The van der Waals surface area contributed by atoms with E-state index in [2.05, 4.69) is 16.8 Å². The Kier molecular flexibility index (Phi) is 4.35. The van der Waals surface area contributed by atoms with Crippen LogP contribution in [-0.2, 0) is 0 Å². The van der Waals surface area contributed by atoms with Crippen molar-refractivity contribution in [2.24, 2.45) is 5.84 Å². The zero-order valence-electron chi connectivity index (χ0n) is 15.1. The zero-order chi connectivity index (χ0) is 18.5. The molecule has 0 amide bonds. The lowest BCUT2D eigenvalue weighted by atomic mass is 9.94. The van der Waals surface area contributed by atoms with E-state index in [1.54, 1.807) is 17.6 Å². The highest BCUT2D eigenvalue weighted by Crippen LogP contribution is 2.38. The summed E-state index contributed by atoms with van der Waals surface area (Å²) in [4.78, 5) is 6.53. The predicted octanol–water partition coefficient (Wildman–Crippen LogP) is 2.32. The fourth-order valence-corrected chi connectivity index (χ4v) is 4.29. The minimum atomic E-state index is -0.710. The van der Waals surface area contributed by atoms with Crippen LogP contribution in [0.1, 0.15) is 38.3 Å². The number of pyridine rings is 1. The van der Waals surface area contributed by atoms with Gasteiger partial charge in [0.1, 0.15) is 12.1 Å². The maximum atomic E-state index is 10.6. The van der Waals surface area contributed by atoms with E-state index in [1.165, 1.54) is 0 Å². The molecule has 2 aromatic heterocycles. The molecule has 2 aromatic rings. The number of anilines is 1. The van der Waals surface area contributed by atoms with Crippen molar-refractivity contribution in [3.8, 4) is 0 Å². The third-order valence-corrected chi connectivity index (χ3v) is 5.62. The SMILES string of the molecule is CC(c1cc(Cl)c2cncn2c1N1CCCC(C)(O)C1)N1C=CCN1N. The second-order valence-electron chi connectivity index (χ2n) is 7.50. The third-order valence-electron chi connectivity index (χ3n) is 5.32. The molecule has 0 bridgehead atoms. The van der Waals surface area contributed by atoms with Crippen LogP contribution in [0.15, 0.2) is 30.9 Å². The highest BCUT2D eigenvalue weighted by molar-refractivity contribution is 6.34. The summed E-state index contributed by atoms with van der Waals surface area (Å²) < 4.78 is 2.02. The number of hydrogen-bond acceptors (Lipinski definition) is 6. The van der Waals surface area contributed by atoms with Gasteiger partial charge in [-0.05, 0) is 38.8 Å². The molecule has 0 aliphatic carbocycles. The second kappa shape index (κ2) is 6.42. The Bertz CT molecular complexity index is 848. The second-order valence-corrected chi connectivity index (χ2v) is 7.91. The monoisotopic (exact) mass is 376 g/mol. The molecule has 0 aromatic carbocycles. The summed E-state index contributed by atoms with van der Waals surface area (Å²) in [6.07, 6.45) is 9.32. The molecule has 0 saturated carbocycles. The van der Waals surface area contributed by atoms with Crippen molar-refractivity contribution in [1.29, 1.82) is 0 Å². The summed E-state index contributed by atoms with van der Waals surface area (Å²) >= 11 is 6.55. The zero-order valence-corrected chi connectivity index (χ0v) is 15.9. The quantitative estimate of drug-likeness (QED) is 0.801. The number of aliphatic hydroxyl groups is 1. The lowest BCUT2D eigenvalue weighted by Gasteiger charge is -2.41. The number of halogens is 1. The first-order chi connectivity index (χ1) is 12.4. The van der Waals surface area contributed by atoms with Gasteiger partial charge in [0.25, 0.3) is 0 Å². The van der Waals surface area contributed by atoms with Gasteiger partial charge in [-0.15, -0.1) is 0 Å². The molecular formula is C18H25ClN6O. The van der Waals surface area contributed by atoms with Crippen molar-refractivity contribution >= 4 is 22.9 Å². The average Bonchev–Trinajstić information content (AvgIpc) is 3.22. The molecule has 0 radical (unpaired) electrons. The highest BCUT2D eigenvalue weighted by Gasteiger charge is 2.33. The molecule has 2 aliphatic heterocycles. The molecule has 2 aliphatic rings. The van der Waals surface area contributed by atoms with Crippen LogP contribution in [0.4, 0.5) is 5.82 Å². The van der Waals surface area contributed by atoms with Crippen LogP contribution in [0, 0.1) is 0 Å². The van der Waals surface area contributed by atoms with Gasteiger partial charge >= 0.3 is 0 Å². The number of rotatable bonds is 3. The van der Waals surface area contributed by atoms with Gasteiger partial charge in [-0.25, -0.2) is 4.98 Å². The van der Waals surface area contributed by atoms with Crippen molar-refractivity contribution < 1.29 is 5.11 Å². The number of nitrogens with zero attached hydrogens (tertiary/aromatic N) is 5. The fourth-order valence-electron chi connectivity index (χ4n) is 4.03. The number of aromatic nitrogens is 2. The van der Waals surface area contributed by atoms with Crippen LogP contribution in [-0.4, -0.2) is 49.9 Å². The lowest BCUT2D eigenvalue weighted by molar-refractivity contribution is 0.0154. The predicted molar refractivity (Wildman–Crippen MR) is 103 cm³/mol. The van der Waals surface area contributed by atoms with Gasteiger partial charge in [0.15, 0.2) is 0 Å². The molecule has 2 unspecified atom stereocenters. The lowest BCUT2D eigenvalue weighted by Crippen LogP contribution is -2.48. The van der Waals surface area contributed by atoms with Crippen molar-refractivity contribution in [2.45, 2.75) is 38.3 Å².